The topological polar surface area (TPSA) is 43.6 Å². The van der Waals surface area contributed by atoms with Crippen LogP contribution in [0, 0.1) is 0 Å². The molecule has 0 saturated carbocycles. The number of benzene rings is 9. The first-order chi connectivity index (χ1) is 32.0. The van der Waals surface area contributed by atoms with Gasteiger partial charge in [-0.05, 0) is 79.9 Å². The Morgan fingerprint density at radius 2 is 0.815 bits per heavy atom. The van der Waals surface area contributed by atoms with Crippen molar-refractivity contribution in [3.63, 3.8) is 0 Å². The zero-order valence-corrected chi connectivity index (χ0v) is 36.1. The minimum absolute atomic E-state index is 0.145. The molecule has 2 aromatic heterocycles. The molecule has 1 spiro atoms. The van der Waals surface area contributed by atoms with Crippen LogP contribution in [-0.4, -0.2) is 19.5 Å². The summed E-state index contributed by atoms with van der Waals surface area (Å²) in [6, 6.07) is 79.0. The van der Waals surface area contributed by atoms with Gasteiger partial charge in [-0.25, -0.2) is 15.0 Å². The molecule has 0 amide bonds. The fraction of sp³-hybridized carbons (Fsp3) is 0.0656. The van der Waals surface area contributed by atoms with Gasteiger partial charge in [-0.2, -0.15) is 0 Å². The molecule has 0 unspecified atom stereocenters. The van der Waals surface area contributed by atoms with E-state index < -0.39 is 5.41 Å². The minimum atomic E-state index is -0.446. The highest BCUT2D eigenvalue weighted by Crippen LogP contribution is 2.63. The maximum absolute atomic E-state index is 5.23. The Kier molecular flexibility index (Phi) is 8.13. The van der Waals surface area contributed by atoms with E-state index in [2.05, 4.69) is 219 Å². The van der Waals surface area contributed by atoms with Gasteiger partial charge in [0.1, 0.15) is 0 Å². The second kappa shape index (κ2) is 14.2. The van der Waals surface area contributed by atoms with Gasteiger partial charge in [-0.1, -0.05) is 208 Å². The molecule has 0 N–H and O–H groups in total. The summed E-state index contributed by atoms with van der Waals surface area (Å²) in [5.74, 6) is 1.89. The van der Waals surface area contributed by atoms with E-state index in [1.54, 1.807) is 0 Å². The smallest absolute Gasteiger partial charge is 0.164 e. The molecule has 0 radical (unpaired) electrons. The van der Waals surface area contributed by atoms with E-state index >= 15 is 0 Å². The van der Waals surface area contributed by atoms with Crippen molar-refractivity contribution in [2.24, 2.45) is 0 Å². The third-order valence-electron chi connectivity index (χ3n) is 14.1. The lowest BCUT2D eigenvalue weighted by Crippen LogP contribution is -2.40. The van der Waals surface area contributed by atoms with Gasteiger partial charge < -0.3 is 4.57 Å². The highest BCUT2D eigenvalue weighted by molar-refractivity contribution is 6.10. The Balaban J connectivity index is 0.962. The lowest BCUT2D eigenvalue weighted by molar-refractivity contribution is 0.563. The van der Waals surface area contributed by atoms with Crippen molar-refractivity contribution in [2.45, 2.75) is 24.7 Å². The van der Waals surface area contributed by atoms with Crippen molar-refractivity contribution < 1.29 is 0 Å². The van der Waals surface area contributed by atoms with E-state index in [0.29, 0.717) is 17.5 Å². The van der Waals surface area contributed by atoms with Crippen LogP contribution in [0.5, 0.6) is 0 Å². The molecule has 0 aliphatic heterocycles. The van der Waals surface area contributed by atoms with E-state index in [1.807, 2.05) is 18.2 Å². The van der Waals surface area contributed by atoms with Gasteiger partial charge in [0, 0.05) is 38.6 Å². The second-order valence-corrected chi connectivity index (χ2v) is 17.9. The number of hydrogen-bond donors (Lipinski definition) is 0. The predicted molar refractivity (Wildman–Crippen MR) is 265 cm³/mol. The fourth-order valence-electron chi connectivity index (χ4n) is 11.3. The van der Waals surface area contributed by atoms with Gasteiger partial charge in [0.25, 0.3) is 0 Å². The van der Waals surface area contributed by atoms with E-state index in [4.69, 9.17) is 15.0 Å². The molecular weight excluding hydrogens is 789 g/mol. The van der Waals surface area contributed by atoms with Crippen molar-refractivity contribution in [2.75, 3.05) is 0 Å². The van der Waals surface area contributed by atoms with Crippen LogP contribution < -0.4 is 0 Å². The quantitative estimate of drug-likeness (QED) is 0.174. The van der Waals surface area contributed by atoms with E-state index in [-0.39, 0.29) is 5.41 Å². The Hall–Kier alpha value is -8.21. The molecule has 0 fully saturated rings. The summed E-state index contributed by atoms with van der Waals surface area (Å²) in [5.41, 5.74) is 18.6. The largest absolute Gasteiger partial charge is 0.309 e. The summed E-state index contributed by atoms with van der Waals surface area (Å²) >= 11 is 0. The number of rotatable bonds is 5. The first kappa shape index (κ1) is 37.4. The number of aromatic nitrogens is 4. The standard InChI is InChI=1S/C61H42N4/c1-60(2)49-26-12-14-28-51(49)61(52-29-15-13-27-50(52)60)48-25-11-9-23-47(48)56-44(24-17-30-53(56)61)39-32-34-41(35-33-39)58-62-57(40-18-5-3-6-19-40)63-59(64-58)42-36-37-46-45-22-10-16-31-54(45)65(55(46)38-42)43-20-7-4-8-21-43/h3-38H,1-2H3. The zero-order chi connectivity index (χ0) is 43.3. The summed E-state index contributed by atoms with van der Waals surface area (Å²) < 4.78 is 2.33. The zero-order valence-electron chi connectivity index (χ0n) is 36.1. The summed E-state index contributed by atoms with van der Waals surface area (Å²) in [7, 11) is 0. The number of para-hydroxylation sites is 2. The molecule has 2 heterocycles. The van der Waals surface area contributed by atoms with E-state index in [0.717, 1.165) is 39.0 Å². The van der Waals surface area contributed by atoms with Gasteiger partial charge in [-0.15, -0.1) is 0 Å². The van der Waals surface area contributed by atoms with Crippen LogP contribution in [0.1, 0.15) is 47.2 Å². The molecule has 2 aliphatic rings. The van der Waals surface area contributed by atoms with E-state index in [1.165, 1.54) is 60.8 Å². The van der Waals surface area contributed by atoms with Crippen LogP contribution in [0.3, 0.4) is 0 Å². The van der Waals surface area contributed by atoms with Crippen LogP contribution >= 0.6 is 0 Å². The van der Waals surface area contributed by atoms with Crippen LogP contribution in [0.15, 0.2) is 218 Å². The first-order valence-electron chi connectivity index (χ1n) is 22.4. The van der Waals surface area contributed by atoms with Crippen molar-refractivity contribution in [1.82, 2.24) is 19.5 Å². The molecule has 0 saturated heterocycles. The summed E-state index contributed by atoms with van der Waals surface area (Å²) in [6.07, 6.45) is 0. The normalized spacial score (nSPS) is 13.9. The maximum atomic E-state index is 5.23. The first-order valence-corrected chi connectivity index (χ1v) is 22.4. The average Bonchev–Trinajstić information content (AvgIpc) is 3.87. The van der Waals surface area contributed by atoms with Gasteiger partial charge in [0.05, 0.1) is 16.4 Å². The Bertz CT molecular complexity index is 3630. The Morgan fingerprint density at radius 1 is 0.338 bits per heavy atom. The van der Waals surface area contributed by atoms with Crippen LogP contribution in [-0.2, 0) is 10.8 Å². The highest BCUT2D eigenvalue weighted by atomic mass is 15.0. The number of fused-ring (bicyclic) bond motifs is 12. The van der Waals surface area contributed by atoms with Gasteiger partial charge in [-0.3, -0.25) is 0 Å². The molecule has 4 heteroatoms. The maximum Gasteiger partial charge on any atom is 0.164 e. The van der Waals surface area contributed by atoms with Gasteiger partial charge >= 0.3 is 0 Å². The third kappa shape index (κ3) is 5.41. The number of hydrogen-bond acceptors (Lipinski definition) is 3. The van der Waals surface area contributed by atoms with Crippen molar-refractivity contribution in [3.8, 4) is 62.1 Å². The number of nitrogens with zero attached hydrogens (tertiary/aromatic N) is 4. The monoisotopic (exact) mass is 830 g/mol. The lowest BCUT2D eigenvalue weighted by atomic mass is 9.55. The molecule has 65 heavy (non-hydrogen) atoms. The SMILES string of the molecule is CC1(C)c2ccccc2C2(c3ccccc3-c3c(-c4ccc(-c5nc(-c6ccccc6)nc(-c6ccc7c8ccccc8n(-c8ccccc8)c7c6)n5)cc4)cccc32)c2ccccc21. The minimum Gasteiger partial charge on any atom is -0.309 e. The highest BCUT2D eigenvalue weighted by Gasteiger charge is 2.53. The second-order valence-electron chi connectivity index (χ2n) is 17.9. The summed E-state index contributed by atoms with van der Waals surface area (Å²) in [4.78, 5) is 15.5. The molecule has 11 aromatic rings. The van der Waals surface area contributed by atoms with Gasteiger partial charge in [0.2, 0.25) is 0 Å². The predicted octanol–water partition coefficient (Wildman–Crippen LogP) is 14.6. The molecule has 4 nitrogen and oxygen atoms in total. The fourth-order valence-corrected chi connectivity index (χ4v) is 11.3. The molecule has 9 aromatic carbocycles. The molecule has 0 atom stereocenters. The summed E-state index contributed by atoms with van der Waals surface area (Å²) in [5, 5.41) is 2.39. The van der Waals surface area contributed by atoms with Crippen molar-refractivity contribution >= 4 is 21.8 Å². The van der Waals surface area contributed by atoms with Crippen LogP contribution in [0.2, 0.25) is 0 Å². The summed E-state index contributed by atoms with van der Waals surface area (Å²) in [6.45, 7) is 4.75. The Labute approximate surface area is 378 Å². The molecule has 2 aliphatic carbocycles. The van der Waals surface area contributed by atoms with Crippen LogP contribution in [0.4, 0.5) is 0 Å². The lowest BCUT2D eigenvalue weighted by Gasteiger charge is -2.46. The molecule has 0 bridgehead atoms. The van der Waals surface area contributed by atoms with Crippen molar-refractivity contribution in [3.05, 3.63) is 252 Å². The Morgan fingerprint density at radius 3 is 1.51 bits per heavy atom. The third-order valence-corrected chi connectivity index (χ3v) is 14.1. The molecular formula is C61H42N4. The van der Waals surface area contributed by atoms with Crippen molar-refractivity contribution in [1.29, 1.82) is 0 Å². The van der Waals surface area contributed by atoms with Crippen LogP contribution in [0.25, 0.3) is 83.9 Å². The molecule has 13 rings (SSSR count). The van der Waals surface area contributed by atoms with E-state index in [9.17, 15) is 0 Å². The van der Waals surface area contributed by atoms with Gasteiger partial charge in [0.15, 0.2) is 17.5 Å². The molecule has 306 valence electrons. The average molecular weight is 831 g/mol.